The predicted octanol–water partition coefficient (Wildman–Crippen LogP) is 3.32. The molecule has 2 rings (SSSR count). The first-order chi connectivity index (χ1) is 9.95. The lowest BCUT2D eigenvalue weighted by atomic mass is 10.2. The number of amides is 1. The van der Waals surface area contributed by atoms with E-state index in [0.717, 1.165) is 10.6 Å². The minimum Gasteiger partial charge on any atom is -0.298 e. The second kappa shape index (κ2) is 6.27. The first-order valence-corrected chi connectivity index (χ1v) is 6.95. The van der Waals surface area contributed by atoms with Crippen LogP contribution in [0.1, 0.15) is 16.1 Å². The van der Waals surface area contributed by atoms with Crippen LogP contribution in [0.3, 0.4) is 0 Å². The SMILES string of the molecule is Cc1nc(NC(=O)/C=C/c2ccc([N+](=O)[O-])cc2)sc1C. The molecule has 2 aromatic rings. The predicted molar refractivity (Wildman–Crippen MR) is 82.3 cm³/mol. The summed E-state index contributed by atoms with van der Waals surface area (Å²) >= 11 is 1.42. The summed E-state index contributed by atoms with van der Waals surface area (Å²) in [5.41, 5.74) is 1.63. The van der Waals surface area contributed by atoms with E-state index in [1.807, 2.05) is 13.8 Å². The number of benzene rings is 1. The van der Waals surface area contributed by atoms with Gasteiger partial charge in [0.25, 0.3) is 5.69 Å². The highest BCUT2D eigenvalue weighted by molar-refractivity contribution is 7.15. The first kappa shape index (κ1) is 14.9. The molecule has 0 aliphatic carbocycles. The van der Waals surface area contributed by atoms with Crippen LogP contribution >= 0.6 is 11.3 Å². The molecule has 108 valence electrons. The van der Waals surface area contributed by atoms with Crippen LogP contribution in [0.2, 0.25) is 0 Å². The molecule has 6 nitrogen and oxygen atoms in total. The van der Waals surface area contributed by atoms with Gasteiger partial charge in [0.05, 0.1) is 10.6 Å². The molecule has 0 aliphatic heterocycles. The van der Waals surface area contributed by atoms with E-state index in [4.69, 9.17) is 0 Å². The lowest BCUT2D eigenvalue weighted by Gasteiger charge is -1.96. The van der Waals surface area contributed by atoms with Crippen molar-refractivity contribution in [3.05, 3.63) is 56.6 Å². The Hall–Kier alpha value is -2.54. The van der Waals surface area contributed by atoms with Crippen molar-refractivity contribution in [2.75, 3.05) is 5.32 Å². The molecule has 0 bridgehead atoms. The Bertz CT molecular complexity index is 685. The van der Waals surface area contributed by atoms with E-state index in [1.54, 1.807) is 18.2 Å². The highest BCUT2D eigenvalue weighted by atomic mass is 32.1. The minimum absolute atomic E-state index is 0.0188. The molecule has 0 spiro atoms. The molecule has 0 unspecified atom stereocenters. The molecule has 1 N–H and O–H groups in total. The summed E-state index contributed by atoms with van der Waals surface area (Å²) in [4.78, 5) is 27.1. The van der Waals surface area contributed by atoms with E-state index in [1.165, 1.54) is 29.5 Å². The van der Waals surface area contributed by atoms with Gasteiger partial charge in [-0.2, -0.15) is 0 Å². The number of carbonyl (C=O) groups is 1. The van der Waals surface area contributed by atoms with Crippen LogP contribution in [0, 0.1) is 24.0 Å². The number of hydrogen-bond donors (Lipinski definition) is 1. The van der Waals surface area contributed by atoms with Crippen LogP contribution in [0.25, 0.3) is 6.08 Å². The van der Waals surface area contributed by atoms with E-state index in [9.17, 15) is 14.9 Å². The number of hydrogen-bond acceptors (Lipinski definition) is 5. The molecule has 1 amide bonds. The second-order valence-corrected chi connectivity index (χ2v) is 5.54. The molecule has 0 atom stereocenters. The highest BCUT2D eigenvalue weighted by Crippen LogP contribution is 2.21. The zero-order valence-corrected chi connectivity index (χ0v) is 12.3. The summed E-state index contributed by atoms with van der Waals surface area (Å²) < 4.78 is 0. The number of aryl methyl sites for hydroxylation is 2. The van der Waals surface area contributed by atoms with Crippen molar-refractivity contribution in [3.63, 3.8) is 0 Å². The van der Waals surface area contributed by atoms with Crippen molar-refractivity contribution in [3.8, 4) is 0 Å². The molecule has 7 heteroatoms. The Morgan fingerprint density at radius 3 is 2.52 bits per heavy atom. The number of nitro groups is 1. The number of carbonyl (C=O) groups excluding carboxylic acids is 1. The zero-order valence-electron chi connectivity index (χ0n) is 11.5. The maximum Gasteiger partial charge on any atom is 0.269 e. The standard InChI is InChI=1S/C14H13N3O3S/c1-9-10(2)21-14(15-9)16-13(18)8-5-11-3-6-12(7-4-11)17(19)20/h3-8H,1-2H3,(H,15,16,18)/b8-5+. The molecule has 21 heavy (non-hydrogen) atoms. The highest BCUT2D eigenvalue weighted by Gasteiger charge is 2.06. The molecule has 1 aromatic heterocycles. The van der Waals surface area contributed by atoms with Gasteiger partial charge in [-0.15, -0.1) is 11.3 Å². The summed E-state index contributed by atoms with van der Waals surface area (Å²) in [5.74, 6) is -0.290. The Kier molecular flexibility index (Phi) is 4.44. The van der Waals surface area contributed by atoms with E-state index >= 15 is 0 Å². The Morgan fingerprint density at radius 2 is 2.00 bits per heavy atom. The topological polar surface area (TPSA) is 85.1 Å². The number of rotatable bonds is 4. The van der Waals surface area contributed by atoms with Crippen molar-refractivity contribution in [2.45, 2.75) is 13.8 Å². The molecule has 0 aliphatic rings. The molecule has 0 fully saturated rings. The molecular weight excluding hydrogens is 290 g/mol. The third-order valence-corrected chi connectivity index (χ3v) is 3.78. The van der Waals surface area contributed by atoms with Crippen LogP contribution in [0.5, 0.6) is 0 Å². The van der Waals surface area contributed by atoms with Gasteiger partial charge in [0, 0.05) is 23.1 Å². The van der Waals surface area contributed by atoms with Crippen molar-refractivity contribution >= 4 is 34.1 Å². The minimum atomic E-state index is -0.465. The van der Waals surface area contributed by atoms with Gasteiger partial charge in [-0.25, -0.2) is 4.98 Å². The Morgan fingerprint density at radius 1 is 1.33 bits per heavy atom. The lowest BCUT2D eigenvalue weighted by molar-refractivity contribution is -0.384. The average Bonchev–Trinajstić information content (AvgIpc) is 2.75. The van der Waals surface area contributed by atoms with E-state index in [2.05, 4.69) is 10.3 Å². The zero-order chi connectivity index (χ0) is 15.4. The number of nitrogens with one attached hydrogen (secondary N) is 1. The fourth-order valence-electron chi connectivity index (χ4n) is 1.55. The Balaban J connectivity index is 2.00. The number of non-ortho nitro benzene ring substituents is 1. The number of aromatic nitrogens is 1. The van der Waals surface area contributed by atoms with E-state index < -0.39 is 4.92 Å². The van der Waals surface area contributed by atoms with Gasteiger partial charge in [-0.1, -0.05) is 0 Å². The van der Waals surface area contributed by atoms with Gasteiger partial charge in [0.15, 0.2) is 5.13 Å². The summed E-state index contributed by atoms with van der Waals surface area (Å²) in [6.45, 7) is 3.82. The van der Waals surface area contributed by atoms with Crippen molar-refractivity contribution in [2.24, 2.45) is 0 Å². The third kappa shape index (κ3) is 3.96. The van der Waals surface area contributed by atoms with Crippen LogP contribution < -0.4 is 5.32 Å². The third-order valence-electron chi connectivity index (χ3n) is 2.79. The summed E-state index contributed by atoms with van der Waals surface area (Å²) in [6, 6.07) is 5.95. The largest absolute Gasteiger partial charge is 0.298 e. The molecule has 1 aromatic carbocycles. The van der Waals surface area contributed by atoms with Gasteiger partial charge in [0.1, 0.15) is 0 Å². The van der Waals surface area contributed by atoms with Gasteiger partial charge in [-0.05, 0) is 37.6 Å². The van der Waals surface area contributed by atoms with Gasteiger partial charge in [0.2, 0.25) is 5.91 Å². The van der Waals surface area contributed by atoms with Crippen LogP contribution in [-0.4, -0.2) is 15.8 Å². The first-order valence-electron chi connectivity index (χ1n) is 6.13. The number of thiazole rings is 1. The summed E-state index contributed by atoms with van der Waals surface area (Å²) in [7, 11) is 0. The van der Waals surface area contributed by atoms with Gasteiger partial charge in [-0.3, -0.25) is 20.2 Å². The van der Waals surface area contributed by atoms with Crippen molar-refractivity contribution in [1.29, 1.82) is 0 Å². The summed E-state index contributed by atoms with van der Waals surface area (Å²) in [5, 5.41) is 13.8. The van der Waals surface area contributed by atoms with Gasteiger partial charge >= 0.3 is 0 Å². The molecule has 0 saturated carbocycles. The Labute approximate surface area is 125 Å². The van der Waals surface area contributed by atoms with Crippen LogP contribution in [-0.2, 0) is 4.79 Å². The number of nitro benzene ring substituents is 1. The van der Waals surface area contributed by atoms with E-state index in [-0.39, 0.29) is 11.6 Å². The second-order valence-electron chi connectivity index (χ2n) is 4.33. The number of nitrogens with zero attached hydrogens (tertiary/aromatic N) is 2. The van der Waals surface area contributed by atoms with Gasteiger partial charge < -0.3 is 0 Å². The number of anilines is 1. The fraction of sp³-hybridized carbons (Fsp3) is 0.143. The molecule has 0 radical (unpaired) electrons. The molecule has 1 heterocycles. The summed E-state index contributed by atoms with van der Waals surface area (Å²) in [6.07, 6.45) is 2.96. The average molecular weight is 303 g/mol. The normalized spacial score (nSPS) is 10.8. The van der Waals surface area contributed by atoms with Crippen molar-refractivity contribution in [1.82, 2.24) is 4.98 Å². The maximum atomic E-state index is 11.7. The fourth-order valence-corrected chi connectivity index (χ4v) is 2.37. The lowest BCUT2D eigenvalue weighted by Crippen LogP contribution is -2.07. The van der Waals surface area contributed by atoms with Crippen LogP contribution in [0.4, 0.5) is 10.8 Å². The monoisotopic (exact) mass is 303 g/mol. The molecule has 0 saturated heterocycles. The molecular formula is C14H13N3O3S. The van der Waals surface area contributed by atoms with E-state index in [0.29, 0.717) is 10.7 Å². The smallest absolute Gasteiger partial charge is 0.269 e. The quantitative estimate of drug-likeness (QED) is 0.533. The van der Waals surface area contributed by atoms with Crippen molar-refractivity contribution < 1.29 is 9.72 Å². The maximum absolute atomic E-state index is 11.7. The van der Waals surface area contributed by atoms with Crippen LogP contribution in [0.15, 0.2) is 30.3 Å².